The summed E-state index contributed by atoms with van der Waals surface area (Å²) in [6.45, 7) is 0. The maximum Gasteiger partial charge on any atom is 0.202 e. The lowest BCUT2D eigenvalue weighted by Crippen LogP contribution is -1.95. The van der Waals surface area contributed by atoms with Crippen LogP contribution in [0.4, 0.5) is 0 Å². The van der Waals surface area contributed by atoms with E-state index in [1.54, 1.807) is 24.5 Å². The summed E-state index contributed by atoms with van der Waals surface area (Å²) in [5.41, 5.74) is 2.70. The summed E-state index contributed by atoms with van der Waals surface area (Å²) in [6.07, 6.45) is 6.67. The van der Waals surface area contributed by atoms with E-state index in [0.717, 1.165) is 36.1 Å². The summed E-state index contributed by atoms with van der Waals surface area (Å²) >= 11 is 0. The molecule has 4 heteroatoms. The topological polar surface area (TPSA) is 58.3 Å². The Morgan fingerprint density at radius 1 is 1.00 bits per heavy atom. The van der Waals surface area contributed by atoms with Crippen molar-refractivity contribution in [2.24, 2.45) is 0 Å². The van der Waals surface area contributed by atoms with Gasteiger partial charge in [0.2, 0.25) is 11.8 Å². The fraction of sp³-hybridized carbons (Fsp3) is 0.357. The smallest absolute Gasteiger partial charge is 0.202 e. The van der Waals surface area contributed by atoms with E-state index in [1.165, 1.54) is 4.57 Å². The van der Waals surface area contributed by atoms with Crippen molar-refractivity contribution in [1.82, 2.24) is 9.55 Å². The quantitative estimate of drug-likeness (QED) is 0.808. The fourth-order valence-electron chi connectivity index (χ4n) is 3.63. The SMILES string of the molecule is Oc1c2c(c(O)n1-c1ccncc1)[C@H]1CC[C@@H]2C1. The zero-order chi connectivity index (χ0) is 12.3. The molecule has 4 nitrogen and oxygen atoms in total. The van der Waals surface area contributed by atoms with E-state index in [1.807, 2.05) is 0 Å². The van der Waals surface area contributed by atoms with Gasteiger partial charge in [-0.05, 0) is 43.2 Å². The average Bonchev–Trinajstić information content (AvgIpc) is 3.05. The van der Waals surface area contributed by atoms with Gasteiger partial charge >= 0.3 is 0 Å². The molecule has 92 valence electrons. The predicted molar refractivity (Wildman–Crippen MR) is 66.2 cm³/mol. The van der Waals surface area contributed by atoms with Crippen LogP contribution in [0, 0.1) is 0 Å². The van der Waals surface area contributed by atoms with Crippen LogP contribution in [0.1, 0.15) is 42.2 Å². The molecule has 2 N–H and O–H groups in total. The lowest BCUT2D eigenvalue weighted by atomic mass is 9.95. The van der Waals surface area contributed by atoms with Crippen LogP contribution in [-0.4, -0.2) is 19.8 Å². The van der Waals surface area contributed by atoms with Gasteiger partial charge in [-0.3, -0.25) is 9.55 Å². The van der Waals surface area contributed by atoms with Gasteiger partial charge in [0.05, 0.1) is 5.69 Å². The highest BCUT2D eigenvalue weighted by Gasteiger charge is 2.44. The van der Waals surface area contributed by atoms with Crippen molar-refractivity contribution in [1.29, 1.82) is 0 Å². The molecule has 1 fully saturated rings. The molecule has 2 aliphatic rings. The van der Waals surface area contributed by atoms with E-state index in [9.17, 15) is 10.2 Å². The van der Waals surface area contributed by atoms with E-state index in [-0.39, 0.29) is 11.8 Å². The second-order valence-electron chi connectivity index (χ2n) is 5.22. The van der Waals surface area contributed by atoms with Crippen LogP contribution in [0.15, 0.2) is 24.5 Å². The molecular formula is C14H14N2O2. The molecule has 0 amide bonds. The van der Waals surface area contributed by atoms with Gasteiger partial charge in [0.25, 0.3) is 0 Å². The molecule has 18 heavy (non-hydrogen) atoms. The number of hydrogen-bond donors (Lipinski definition) is 2. The molecule has 2 heterocycles. The Morgan fingerprint density at radius 3 is 2.11 bits per heavy atom. The fourth-order valence-corrected chi connectivity index (χ4v) is 3.63. The first-order valence-electron chi connectivity index (χ1n) is 6.34. The van der Waals surface area contributed by atoms with Crippen molar-refractivity contribution in [2.75, 3.05) is 0 Å². The molecule has 0 spiro atoms. The molecule has 0 unspecified atom stereocenters. The summed E-state index contributed by atoms with van der Waals surface area (Å²) in [5, 5.41) is 20.8. The average molecular weight is 242 g/mol. The van der Waals surface area contributed by atoms with Gasteiger partial charge in [0, 0.05) is 23.5 Å². The van der Waals surface area contributed by atoms with Crippen molar-refractivity contribution >= 4 is 0 Å². The first-order chi connectivity index (χ1) is 8.77. The first kappa shape index (κ1) is 10.00. The van der Waals surface area contributed by atoms with Crippen LogP contribution in [0.5, 0.6) is 11.8 Å². The molecule has 2 aliphatic carbocycles. The van der Waals surface area contributed by atoms with Gasteiger partial charge in [-0.15, -0.1) is 0 Å². The summed E-state index contributed by atoms with van der Waals surface area (Å²) in [7, 11) is 0. The monoisotopic (exact) mass is 242 g/mol. The van der Waals surface area contributed by atoms with Crippen LogP contribution in [0.2, 0.25) is 0 Å². The lowest BCUT2D eigenvalue weighted by molar-refractivity contribution is 0.394. The van der Waals surface area contributed by atoms with E-state index in [4.69, 9.17) is 0 Å². The van der Waals surface area contributed by atoms with Crippen molar-refractivity contribution in [2.45, 2.75) is 31.1 Å². The molecule has 0 aromatic carbocycles. The van der Waals surface area contributed by atoms with Gasteiger partial charge in [-0.2, -0.15) is 0 Å². The number of rotatable bonds is 1. The summed E-state index contributed by atoms with van der Waals surface area (Å²) in [6, 6.07) is 3.58. The summed E-state index contributed by atoms with van der Waals surface area (Å²) in [5.74, 6) is 1.28. The number of aromatic hydroxyl groups is 2. The number of fused-ring (bicyclic) bond motifs is 5. The molecule has 2 atom stereocenters. The van der Waals surface area contributed by atoms with Crippen molar-refractivity contribution < 1.29 is 10.2 Å². The minimum absolute atomic E-state index is 0.209. The molecule has 0 radical (unpaired) electrons. The third-order valence-electron chi connectivity index (χ3n) is 4.37. The van der Waals surface area contributed by atoms with Crippen molar-refractivity contribution in [3.05, 3.63) is 35.7 Å². The predicted octanol–water partition coefficient (Wildman–Crippen LogP) is 2.65. The van der Waals surface area contributed by atoms with Crippen molar-refractivity contribution in [3.8, 4) is 17.4 Å². The van der Waals surface area contributed by atoms with Crippen LogP contribution < -0.4 is 0 Å². The Labute approximate surface area is 105 Å². The van der Waals surface area contributed by atoms with Crippen LogP contribution in [-0.2, 0) is 0 Å². The largest absolute Gasteiger partial charge is 0.494 e. The van der Waals surface area contributed by atoms with Gasteiger partial charge in [0.1, 0.15) is 0 Å². The maximum absolute atomic E-state index is 10.4. The zero-order valence-corrected chi connectivity index (χ0v) is 9.87. The Balaban J connectivity index is 1.97. The van der Waals surface area contributed by atoms with Crippen LogP contribution in [0.25, 0.3) is 5.69 Å². The third kappa shape index (κ3) is 1.08. The molecule has 0 aliphatic heterocycles. The lowest BCUT2D eigenvalue weighted by Gasteiger charge is -2.09. The third-order valence-corrected chi connectivity index (χ3v) is 4.37. The normalized spacial score (nSPS) is 24.4. The van der Waals surface area contributed by atoms with E-state index < -0.39 is 0 Å². The minimum Gasteiger partial charge on any atom is -0.494 e. The second kappa shape index (κ2) is 3.28. The highest BCUT2D eigenvalue weighted by molar-refractivity contribution is 5.58. The molecular weight excluding hydrogens is 228 g/mol. The number of pyridine rings is 1. The highest BCUT2D eigenvalue weighted by atomic mass is 16.3. The minimum atomic E-state index is 0.209. The van der Waals surface area contributed by atoms with E-state index in [0.29, 0.717) is 11.8 Å². The maximum atomic E-state index is 10.4. The van der Waals surface area contributed by atoms with E-state index in [2.05, 4.69) is 4.98 Å². The zero-order valence-electron chi connectivity index (χ0n) is 9.87. The van der Waals surface area contributed by atoms with Crippen LogP contribution in [0.3, 0.4) is 0 Å². The van der Waals surface area contributed by atoms with Crippen LogP contribution >= 0.6 is 0 Å². The van der Waals surface area contributed by atoms with E-state index >= 15 is 0 Å². The Hall–Kier alpha value is -1.97. The molecule has 2 aromatic heterocycles. The standard InChI is InChI=1S/C14H14N2O2/c17-13-11-8-1-2-9(7-8)12(11)14(18)16(13)10-3-5-15-6-4-10/h3-6,8-9,17-18H,1-2,7H2/t8-,9+. The van der Waals surface area contributed by atoms with Gasteiger partial charge in [-0.25, -0.2) is 0 Å². The molecule has 2 aromatic rings. The Kier molecular flexibility index (Phi) is 1.82. The molecule has 1 saturated carbocycles. The molecule has 0 saturated heterocycles. The summed E-state index contributed by atoms with van der Waals surface area (Å²) < 4.78 is 1.54. The molecule has 4 rings (SSSR count). The second-order valence-corrected chi connectivity index (χ2v) is 5.22. The number of hydrogen-bond acceptors (Lipinski definition) is 3. The number of nitrogens with zero attached hydrogens (tertiary/aromatic N) is 2. The Bertz CT molecular complexity index is 585. The van der Waals surface area contributed by atoms with Gasteiger partial charge in [0.15, 0.2) is 0 Å². The molecule has 2 bridgehead atoms. The van der Waals surface area contributed by atoms with Gasteiger partial charge in [-0.1, -0.05) is 0 Å². The Morgan fingerprint density at radius 2 is 1.56 bits per heavy atom. The van der Waals surface area contributed by atoms with Gasteiger partial charge < -0.3 is 10.2 Å². The summed E-state index contributed by atoms with van der Waals surface area (Å²) in [4.78, 5) is 3.96. The van der Waals surface area contributed by atoms with Crippen molar-refractivity contribution in [3.63, 3.8) is 0 Å². The highest BCUT2D eigenvalue weighted by Crippen LogP contribution is 2.60. The first-order valence-corrected chi connectivity index (χ1v) is 6.34. The number of aromatic nitrogens is 2.